The molecule has 1 amide bonds. The van der Waals surface area contributed by atoms with E-state index in [4.69, 9.17) is 4.74 Å². The van der Waals surface area contributed by atoms with Crippen LogP contribution >= 0.6 is 0 Å². The second kappa shape index (κ2) is 6.48. The molecule has 0 atom stereocenters. The van der Waals surface area contributed by atoms with Crippen LogP contribution in [0.4, 0.5) is 11.4 Å². The van der Waals surface area contributed by atoms with Gasteiger partial charge < -0.3 is 15.2 Å². The Labute approximate surface area is 142 Å². The standard InChI is InChI=1S/C18H14N2O5/c1-25-13-6-7-15(16(10-13)20(23)24)19-18(22)14-8-11-4-2-3-5-12(11)9-17(14)21/h2-10,21H,1H3,(H,19,22). The number of benzene rings is 3. The van der Waals surface area contributed by atoms with Gasteiger partial charge in [-0.25, -0.2) is 0 Å². The first-order valence-corrected chi connectivity index (χ1v) is 7.35. The summed E-state index contributed by atoms with van der Waals surface area (Å²) in [7, 11) is 1.39. The van der Waals surface area contributed by atoms with Crippen molar-refractivity contribution < 1.29 is 19.6 Å². The fourth-order valence-corrected chi connectivity index (χ4v) is 2.49. The van der Waals surface area contributed by atoms with Gasteiger partial charge in [0, 0.05) is 0 Å². The van der Waals surface area contributed by atoms with Crippen molar-refractivity contribution in [2.45, 2.75) is 0 Å². The molecule has 0 radical (unpaired) electrons. The summed E-state index contributed by atoms with van der Waals surface area (Å²) in [6, 6.07) is 14.4. The maximum Gasteiger partial charge on any atom is 0.296 e. The molecule has 3 aromatic carbocycles. The first-order chi connectivity index (χ1) is 12.0. The number of amides is 1. The Kier molecular flexibility index (Phi) is 4.21. The van der Waals surface area contributed by atoms with Gasteiger partial charge >= 0.3 is 0 Å². The number of nitro groups is 1. The fraction of sp³-hybridized carbons (Fsp3) is 0.0556. The van der Waals surface area contributed by atoms with Crippen LogP contribution in [0.2, 0.25) is 0 Å². The van der Waals surface area contributed by atoms with E-state index in [0.717, 1.165) is 10.8 Å². The predicted octanol–water partition coefficient (Wildman–Crippen LogP) is 3.71. The number of phenols is 1. The molecule has 0 saturated carbocycles. The van der Waals surface area contributed by atoms with E-state index in [9.17, 15) is 20.0 Å². The number of hydrogen-bond donors (Lipinski definition) is 2. The van der Waals surface area contributed by atoms with E-state index in [1.807, 2.05) is 18.2 Å². The lowest BCUT2D eigenvalue weighted by molar-refractivity contribution is -0.384. The number of fused-ring (bicyclic) bond motifs is 1. The Morgan fingerprint density at radius 1 is 1.12 bits per heavy atom. The third kappa shape index (κ3) is 3.20. The van der Waals surface area contributed by atoms with Crippen LogP contribution in [0.25, 0.3) is 10.8 Å². The molecule has 0 aromatic heterocycles. The van der Waals surface area contributed by atoms with Crippen molar-refractivity contribution in [1.82, 2.24) is 0 Å². The van der Waals surface area contributed by atoms with Gasteiger partial charge in [0.05, 0.1) is 23.7 Å². The predicted molar refractivity (Wildman–Crippen MR) is 93.2 cm³/mol. The SMILES string of the molecule is COc1ccc(NC(=O)c2cc3ccccc3cc2O)c([N+](=O)[O-])c1. The van der Waals surface area contributed by atoms with Crippen molar-refractivity contribution in [3.8, 4) is 11.5 Å². The highest BCUT2D eigenvalue weighted by Crippen LogP contribution is 2.31. The van der Waals surface area contributed by atoms with Gasteiger partial charge in [0.15, 0.2) is 0 Å². The quantitative estimate of drug-likeness (QED) is 0.558. The summed E-state index contributed by atoms with van der Waals surface area (Å²) < 4.78 is 4.96. The molecular formula is C18H14N2O5. The van der Waals surface area contributed by atoms with Crippen molar-refractivity contribution in [1.29, 1.82) is 0 Å². The molecule has 0 heterocycles. The Balaban J connectivity index is 1.98. The van der Waals surface area contributed by atoms with E-state index < -0.39 is 10.8 Å². The molecule has 0 unspecified atom stereocenters. The minimum absolute atomic E-state index is 0.0170. The number of ether oxygens (including phenoxy) is 1. The van der Waals surface area contributed by atoms with Gasteiger partial charge in [-0.3, -0.25) is 14.9 Å². The van der Waals surface area contributed by atoms with Crippen LogP contribution in [0.1, 0.15) is 10.4 Å². The number of carbonyl (C=O) groups is 1. The van der Waals surface area contributed by atoms with E-state index in [1.165, 1.54) is 37.4 Å². The Morgan fingerprint density at radius 3 is 2.44 bits per heavy atom. The van der Waals surface area contributed by atoms with Gasteiger partial charge in [0.2, 0.25) is 0 Å². The van der Waals surface area contributed by atoms with Crippen molar-refractivity contribution in [2.75, 3.05) is 12.4 Å². The number of anilines is 1. The Hall–Kier alpha value is -3.61. The number of nitro benzene ring substituents is 1. The highest BCUT2D eigenvalue weighted by Gasteiger charge is 2.19. The molecule has 3 aromatic rings. The van der Waals surface area contributed by atoms with Gasteiger partial charge in [0.1, 0.15) is 17.2 Å². The number of aromatic hydroxyl groups is 1. The van der Waals surface area contributed by atoms with Crippen LogP contribution in [0, 0.1) is 10.1 Å². The van der Waals surface area contributed by atoms with Crippen LogP contribution in [-0.2, 0) is 0 Å². The molecule has 7 heteroatoms. The van der Waals surface area contributed by atoms with Gasteiger partial charge in [-0.2, -0.15) is 0 Å². The molecule has 25 heavy (non-hydrogen) atoms. The lowest BCUT2D eigenvalue weighted by Gasteiger charge is -2.09. The number of hydrogen-bond acceptors (Lipinski definition) is 5. The Morgan fingerprint density at radius 2 is 1.80 bits per heavy atom. The number of rotatable bonds is 4. The molecule has 0 fully saturated rings. The molecule has 2 N–H and O–H groups in total. The second-order valence-corrected chi connectivity index (χ2v) is 5.31. The minimum atomic E-state index is -0.642. The minimum Gasteiger partial charge on any atom is -0.507 e. The average molecular weight is 338 g/mol. The normalized spacial score (nSPS) is 10.4. The maximum atomic E-state index is 12.5. The summed E-state index contributed by atoms with van der Waals surface area (Å²) in [6.45, 7) is 0. The number of nitrogens with zero attached hydrogens (tertiary/aromatic N) is 1. The van der Waals surface area contributed by atoms with Gasteiger partial charge in [-0.15, -0.1) is 0 Å². The Bertz CT molecular complexity index is 984. The number of nitrogens with one attached hydrogen (secondary N) is 1. The fourth-order valence-electron chi connectivity index (χ4n) is 2.49. The molecule has 0 aliphatic heterocycles. The molecule has 126 valence electrons. The van der Waals surface area contributed by atoms with Crippen LogP contribution in [0.3, 0.4) is 0 Å². The molecule has 0 saturated heterocycles. The van der Waals surface area contributed by atoms with Crippen LogP contribution in [-0.4, -0.2) is 23.0 Å². The summed E-state index contributed by atoms with van der Waals surface area (Å²) in [6.07, 6.45) is 0. The van der Waals surface area contributed by atoms with Crippen molar-refractivity contribution >= 4 is 28.1 Å². The lowest BCUT2D eigenvalue weighted by atomic mass is 10.1. The second-order valence-electron chi connectivity index (χ2n) is 5.31. The van der Waals surface area contributed by atoms with Crippen molar-refractivity contribution in [3.63, 3.8) is 0 Å². The largest absolute Gasteiger partial charge is 0.507 e. The highest BCUT2D eigenvalue weighted by molar-refractivity contribution is 6.09. The molecule has 0 bridgehead atoms. The topological polar surface area (TPSA) is 102 Å². The van der Waals surface area contributed by atoms with E-state index in [0.29, 0.717) is 5.75 Å². The van der Waals surface area contributed by atoms with E-state index in [1.54, 1.807) is 6.07 Å². The monoisotopic (exact) mass is 338 g/mol. The molecule has 0 aliphatic carbocycles. The van der Waals surface area contributed by atoms with Crippen molar-refractivity contribution in [3.05, 3.63) is 70.3 Å². The zero-order valence-corrected chi connectivity index (χ0v) is 13.2. The lowest BCUT2D eigenvalue weighted by Crippen LogP contribution is -2.13. The number of methoxy groups -OCH3 is 1. The van der Waals surface area contributed by atoms with Gasteiger partial charge in [-0.05, 0) is 35.0 Å². The summed E-state index contributed by atoms with van der Waals surface area (Å²) in [4.78, 5) is 23.1. The molecular weight excluding hydrogens is 324 g/mol. The zero-order valence-electron chi connectivity index (χ0n) is 13.2. The summed E-state index contributed by atoms with van der Waals surface area (Å²) in [5.74, 6) is -0.540. The van der Waals surface area contributed by atoms with Gasteiger partial charge in [-0.1, -0.05) is 24.3 Å². The van der Waals surface area contributed by atoms with Crippen molar-refractivity contribution in [2.24, 2.45) is 0 Å². The maximum absolute atomic E-state index is 12.5. The molecule has 0 aliphatic rings. The van der Waals surface area contributed by atoms with Crippen LogP contribution in [0.15, 0.2) is 54.6 Å². The van der Waals surface area contributed by atoms with Gasteiger partial charge in [0.25, 0.3) is 11.6 Å². The molecule has 3 rings (SSSR count). The van der Waals surface area contributed by atoms with Crippen LogP contribution in [0.5, 0.6) is 11.5 Å². The summed E-state index contributed by atoms with van der Waals surface area (Å²) >= 11 is 0. The number of phenolic OH excluding ortho intramolecular Hbond substituents is 1. The van der Waals surface area contributed by atoms with E-state index in [2.05, 4.69) is 5.32 Å². The van der Waals surface area contributed by atoms with Crippen LogP contribution < -0.4 is 10.1 Å². The first kappa shape index (κ1) is 16.3. The third-order valence-corrected chi connectivity index (χ3v) is 3.76. The third-order valence-electron chi connectivity index (χ3n) is 3.76. The van der Waals surface area contributed by atoms with E-state index in [-0.39, 0.29) is 22.7 Å². The smallest absolute Gasteiger partial charge is 0.296 e. The molecule has 0 spiro atoms. The summed E-state index contributed by atoms with van der Waals surface area (Å²) in [5.41, 5.74) is -0.250. The average Bonchev–Trinajstić information content (AvgIpc) is 2.61. The highest BCUT2D eigenvalue weighted by atomic mass is 16.6. The first-order valence-electron chi connectivity index (χ1n) is 7.35. The van der Waals surface area contributed by atoms with E-state index >= 15 is 0 Å². The molecule has 7 nitrogen and oxygen atoms in total. The zero-order chi connectivity index (χ0) is 18.0. The number of carbonyl (C=O) groups excluding carboxylic acids is 1. The summed E-state index contributed by atoms with van der Waals surface area (Å²) in [5, 5.41) is 25.3.